The molecular weight excluding hydrogens is 313 g/mol. The molecule has 0 spiro atoms. The number of rotatable bonds is 5. The van der Waals surface area contributed by atoms with E-state index in [-0.39, 0.29) is 24.7 Å². The van der Waals surface area contributed by atoms with E-state index in [1.165, 1.54) is 6.07 Å². The summed E-state index contributed by atoms with van der Waals surface area (Å²) < 4.78 is 23.9. The van der Waals surface area contributed by atoms with Crippen molar-refractivity contribution >= 4 is 5.91 Å². The van der Waals surface area contributed by atoms with Gasteiger partial charge in [-0.15, -0.1) is 0 Å². The second-order valence-electron chi connectivity index (χ2n) is 5.42. The SMILES string of the molecule is Cc1noc(C)c1CC(=O)NCc1cc(-c2ccccc2F)on1. The van der Waals surface area contributed by atoms with Gasteiger partial charge in [-0.2, -0.15) is 0 Å². The number of carbonyl (C=O) groups is 1. The van der Waals surface area contributed by atoms with Crippen LogP contribution in [0.5, 0.6) is 0 Å². The van der Waals surface area contributed by atoms with Crippen molar-refractivity contribution in [2.75, 3.05) is 0 Å². The smallest absolute Gasteiger partial charge is 0.224 e. The molecule has 124 valence electrons. The lowest BCUT2D eigenvalue weighted by atomic mass is 10.1. The second-order valence-corrected chi connectivity index (χ2v) is 5.42. The van der Waals surface area contributed by atoms with Crippen LogP contribution in [0.3, 0.4) is 0 Å². The van der Waals surface area contributed by atoms with Crippen molar-refractivity contribution in [1.29, 1.82) is 0 Å². The first-order chi connectivity index (χ1) is 11.5. The molecule has 0 aliphatic heterocycles. The maximum atomic E-state index is 13.7. The Bertz CT molecular complexity index is 850. The first-order valence-corrected chi connectivity index (χ1v) is 7.43. The van der Waals surface area contributed by atoms with Gasteiger partial charge in [0, 0.05) is 11.6 Å². The van der Waals surface area contributed by atoms with E-state index >= 15 is 0 Å². The molecule has 6 nitrogen and oxygen atoms in total. The molecular formula is C17H16FN3O3. The number of halogens is 1. The quantitative estimate of drug-likeness (QED) is 0.778. The van der Waals surface area contributed by atoms with E-state index < -0.39 is 0 Å². The molecule has 0 unspecified atom stereocenters. The van der Waals surface area contributed by atoms with Crippen LogP contribution in [0.1, 0.15) is 22.7 Å². The second kappa shape index (κ2) is 6.66. The van der Waals surface area contributed by atoms with Crippen molar-refractivity contribution < 1.29 is 18.2 Å². The average molecular weight is 329 g/mol. The Morgan fingerprint density at radius 1 is 1.21 bits per heavy atom. The number of nitrogens with one attached hydrogen (secondary N) is 1. The number of nitrogens with zero attached hydrogens (tertiary/aromatic N) is 2. The van der Waals surface area contributed by atoms with E-state index in [4.69, 9.17) is 9.05 Å². The first kappa shape index (κ1) is 15.9. The lowest BCUT2D eigenvalue weighted by Crippen LogP contribution is -2.25. The van der Waals surface area contributed by atoms with Gasteiger partial charge in [0.25, 0.3) is 0 Å². The fourth-order valence-electron chi connectivity index (χ4n) is 2.35. The van der Waals surface area contributed by atoms with Crippen LogP contribution in [0.25, 0.3) is 11.3 Å². The maximum absolute atomic E-state index is 13.7. The third-order valence-corrected chi connectivity index (χ3v) is 3.68. The number of aromatic nitrogens is 2. The van der Waals surface area contributed by atoms with Gasteiger partial charge in [0.2, 0.25) is 5.91 Å². The van der Waals surface area contributed by atoms with Gasteiger partial charge in [0.15, 0.2) is 5.76 Å². The van der Waals surface area contributed by atoms with E-state index in [1.54, 1.807) is 38.1 Å². The predicted octanol–water partition coefficient (Wildman–Crippen LogP) is 2.94. The summed E-state index contributed by atoms with van der Waals surface area (Å²) in [7, 11) is 0. The topological polar surface area (TPSA) is 81.2 Å². The van der Waals surface area contributed by atoms with Gasteiger partial charge in [0.1, 0.15) is 17.3 Å². The fourth-order valence-corrected chi connectivity index (χ4v) is 2.35. The van der Waals surface area contributed by atoms with E-state index in [9.17, 15) is 9.18 Å². The van der Waals surface area contributed by atoms with Crippen LogP contribution >= 0.6 is 0 Å². The minimum absolute atomic E-state index is 0.180. The van der Waals surface area contributed by atoms with Gasteiger partial charge in [-0.05, 0) is 26.0 Å². The van der Waals surface area contributed by atoms with Gasteiger partial charge in [-0.1, -0.05) is 22.4 Å². The number of hydrogen-bond donors (Lipinski definition) is 1. The van der Waals surface area contributed by atoms with Crippen LogP contribution in [-0.2, 0) is 17.8 Å². The third kappa shape index (κ3) is 3.34. The highest BCUT2D eigenvalue weighted by Crippen LogP contribution is 2.23. The molecule has 0 atom stereocenters. The van der Waals surface area contributed by atoms with Crippen LogP contribution in [0.15, 0.2) is 39.4 Å². The Morgan fingerprint density at radius 3 is 2.71 bits per heavy atom. The standard InChI is InChI=1S/C17H16FN3O3/c1-10-14(11(2)23-20-10)8-17(22)19-9-12-7-16(24-21-12)13-5-3-4-6-15(13)18/h3-7H,8-9H2,1-2H3,(H,19,22). The molecule has 0 aliphatic rings. The zero-order chi connectivity index (χ0) is 17.1. The molecule has 0 bridgehead atoms. The summed E-state index contributed by atoms with van der Waals surface area (Å²) in [5.74, 6) is 0.386. The van der Waals surface area contributed by atoms with Gasteiger partial charge >= 0.3 is 0 Å². The zero-order valence-electron chi connectivity index (χ0n) is 13.3. The van der Waals surface area contributed by atoms with Gasteiger partial charge in [-0.3, -0.25) is 4.79 Å². The molecule has 1 aromatic carbocycles. The van der Waals surface area contributed by atoms with Crippen LogP contribution in [0.2, 0.25) is 0 Å². The van der Waals surface area contributed by atoms with Crippen LogP contribution < -0.4 is 5.32 Å². The molecule has 2 heterocycles. The summed E-state index contributed by atoms with van der Waals surface area (Å²) in [6.07, 6.45) is 0.180. The number of amides is 1. The van der Waals surface area contributed by atoms with Crippen LogP contribution in [-0.4, -0.2) is 16.2 Å². The molecule has 0 saturated carbocycles. The highest BCUT2D eigenvalue weighted by atomic mass is 19.1. The lowest BCUT2D eigenvalue weighted by molar-refractivity contribution is -0.120. The summed E-state index contributed by atoms with van der Waals surface area (Å²) in [5.41, 5.74) is 2.32. The molecule has 0 aliphatic carbocycles. The molecule has 3 aromatic rings. The Kier molecular flexibility index (Phi) is 4.41. The molecule has 1 amide bonds. The van der Waals surface area contributed by atoms with Gasteiger partial charge < -0.3 is 14.4 Å². The summed E-state index contributed by atoms with van der Waals surface area (Å²) in [6, 6.07) is 7.88. The molecule has 0 radical (unpaired) electrons. The van der Waals surface area contributed by atoms with Crippen molar-refractivity contribution in [3.63, 3.8) is 0 Å². The largest absolute Gasteiger partial charge is 0.361 e. The predicted molar refractivity (Wildman–Crippen MR) is 83.4 cm³/mol. The highest BCUT2D eigenvalue weighted by Gasteiger charge is 2.15. The van der Waals surface area contributed by atoms with Crippen molar-refractivity contribution in [2.45, 2.75) is 26.8 Å². The molecule has 3 rings (SSSR count). The number of hydrogen-bond acceptors (Lipinski definition) is 5. The minimum atomic E-state index is -0.386. The number of benzene rings is 1. The Balaban J connectivity index is 1.62. The lowest BCUT2D eigenvalue weighted by Gasteiger charge is -2.02. The van der Waals surface area contributed by atoms with E-state index in [0.29, 0.717) is 28.5 Å². The molecule has 0 saturated heterocycles. The maximum Gasteiger partial charge on any atom is 0.224 e. The minimum Gasteiger partial charge on any atom is -0.361 e. The Labute approximate surface area is 137 Å². The Morgan fingerprint density at radius 2 is 2.00 bits per heavy atom. The first-order valence-electron chi connectivity index (χ1n) is 7.43. The molecule has 1 N–H and O–H groups in total. The molecule has 7 heteroatoms. The fraction of sp³-hybridized carbons (Fsp3) is 0.235. The summed E-state index contributed by atoms with van der Waals surface area (Å²) in [5, 5.41) is 10.4. The Hall–Kier alpha value is -2.96. The van der Waals surface area contributed by atoms with E-state index in [2.05, 4.69) is 15.6 Å². The van der Waals surface area contributed by atoms with E-state index in [0.717, 1.165) is 5.56 Å². The summed E-state index contributed by atoms with van der Waals surface area (Å²) >= 11 is 0. The number of aryl methyl sites for hydroxylation is 2. The monoisotopic (exact) mass is 329 g/mol. The van der Waals surface area contributed by atoms with Crippen molar-refractivity contribution in [2.24, 2.45) is 0 Å². The number of carbonyl (C=O) groups excluding carboxylic acids is 1. The average Bonchev–Trinajstić information content (AvgIpc) is 3.15. The highest BCUT2D eigenvalue weighted by molar-refractivity contribution is 5.79. The van der Waals surface area contributed by atoms with Crippen LogP contribution in [0, 0.1) is 19.7 Å². The third-order valence-electron chi connectivity index (χ3n) is 3.68. The zero-order valence-corrected chi connectivity index (χ0v) is 13.3. The van der Waals surface area contributed by atoms with E-state index in [1.807, 2.05) is 0 Å². The van der Waals surface area contributed by atoms with Crippen molar-refractivity contribution in [1.82, 2.24) is 15.6 Å². The molecule has 2 aromatic heterocycles. The normalized spacial score (nSPS) is 10.8. The van der Waals surface area contributed by atoms with Crippen LogP contribution in [0.4, 0.5) is 4.39 Å². The molecule has 24 heavy (non-hydrogen) atoms. The van der Waals surface area contributed by atoms with Gasteiger partial charge in [0.05, 0.1) is 24.2 Å². The van der Waals surface area contributed by atoms with Crippen molar-refractivity contribution in [3.05, 3.63) is 58.9 Å². The van der Waals surface area contributed by atoms with Crippen molar-refractivity contribution in [3.8, 4) is 11.3 Å². The summed E-state index contributed by atoms with van der Waals surface area (Å²) in [6.45, 7) is 3.75. The summed E-state index contributed by atoms with van der Waals surface area (Å²) in [4.78, 5) is 12.0. The molecule has 0 fully saturated rings. The van der Waals surface area contributed by atoms with Gasteiger partial charge in [-0.25, -0.2) is 4.39 Å².